The van der Waals surface area contributed by atoms with Crippen LogP contribution in [-0.2, 0) is 11.3 Å². The summed E-state index contributed by atoms with van der Waals surface area (Å²) in [7, 11) is 0. The number of rotatable bonds is 10. The molecule has 2 amide bonds. The molecule has 2 aliphatic carbocycles. The maximum absolute atomic E-state index is 13.7. The Morgan fingerprint density at radius 3 is 2.55 bits per heavy atom. The number of aryl methyl sites for hydroxylation is 1. The van der Waals surface area contributed by atoms with E-state index in [2.05, 4.69) is 38.5 Å². The molecule has 3 aromatic rings. The summed E-state index contributed by atoms with van der Waals surface area (Å²) in [5.74, 6) is 0.838. The first-order valence-electron chi connectivity index (χ1n) is 16.3. The standard InChI is InChI=1S/C34H46N6O3S/c1-6-39(26-13-14-26)34(43)24-18-38(19-24)25-11-9-23(10-12-25)21(3)40-22(4)30(27-8-7-15-35-31(27)40)33(42)36-17-28-29(44-5)16-20(2)37-32(28)41/h7-8,15-16,21,23-26H,6,9-14,17-19H2,1-5H3,(H,36,42)(H,37,41). The number of thioether (sulfide) groups is 1. The molecule has 1 atom stereocenters. The third kappa shape index (κ3) is 5.83. The highest BCUT2D eigenvalue weighted by Gasteiger charge is 2.43. The number of likely N-dealkylation sites (tertiary alicyclic amines) is 1. The quantitative estimate of drug-likeness (QED) is 0.308. The SMILES string of the molecule is CCN(C(=O)C1CN(C2CCC(C(C)n3c(C)c(C(=O)NCc4c(SC)cc(C)[nH]c4=O)c4cccnc43)CC2)C1)C1CC1. The lowest BCUT2D eigenvalue weighted by Gasteiger charge is -2.47. The number of fused-ring (bicyclic) bond motifs is 1. The minimum atomic E-state index is -0.188. The third-order valence-electron chi connectivity index (χ3n) is 10.3. The van der Waals surface area contributed by atoms with E-state index >= 15 is 0 Å². The van der Waals surface area contributed by atoms with E-state index in [1.165, 1.54) is 24.6 Å². The van der Waals surface area contributed by atoms with Gasteiger partial charge in [-0.05, 0) is 96.6 Å². The molecule has 2 saturated carbocycles. The Morgan fingerprint density at radius 2 is 1.89 bits per heavy atom. The fourth-order valence-corrected chi connectivity index (χ4v) is 8.38. The van der Waals surface area contributed by atoms with Crippen LogP contribution in [0.1, 0.15) is 85.7 Å². The van der Waals surface area contributed by atoms with Gasteiger partial charge in [0.15, 0.2) is 0 Å². The van der Waals surface area contributed by atoms with Crippen LogP contribution in [0.5, 0.6) is 0 Å². The van der Waals surface area contributed by atoms with Crippen molar-refractivity contribution in [3.05, 3.63) is 57.3 Å². The van der Waals surface area contributed by atoms with Gasteiger partial charge in [0.05, 0.1) is 11.5 Å². The van der Waals surface area contributed by atoms with Crippen LogP contribution < -0.4 is 10.9 Å². The molecule has 0 aromatic carbocycles. The number of H-pyrrole nitrogens is 1. The second-order valence-corrected chi connectivity index (χ2v) is 13.9. The van der Waals surface area contributed by atoms with Crippen molar-refractivity contribution in [1.82, 2.24) is 29.7 Å². The van der Waals surface area contributed by atoms with Crippen molar-refractivity contribution in [2.45, 2.75) is 95.8 Å². The molecule has 1 saturated heterocycles. The maximum atomic E-state index is 13.7. The molecule has 6 rings (SSSR count). The number of aromatic nitrogens is 3. The molecule has 1 unspecified atom stereocenters. The average molecular weight is 619 g/mol. The molecule has 2 N–H and O–H groups in total. The molecule has 0 spiro atoms. The first-order chi connectivity index (χ1) is 21.2. The van der Waals surface area contributed by atoms with Crippen LogP contribution in [0.25, 0.3) is 11.0 Å². The summed E-state index contributed by atoms with van der Waals surface area (Å²) < 4.78 is 2.26. The Hall–Kier alpha value is -3.11. The summed E-state index contributed by atoms with van der Waals surface area (Å²) >= 11 is 1.51. The van der Waals surface area contributed by atoms with Gasteiger partial charge in [0.2, 0.25) is 5.91 Å². The minimum Gasteiger partial charge on any atom is -0.348 e. The summed E-state index contributed by atoms with van der Waals surface area (Å²) in [4.78, 5) is 52.4. The number of hydrogen-bond donors (Lipinski definition) is 2. The molecule has 9 nitrogen and oxygen atoms in total. The van der Waals surface area contributed by atoms with Crippen LogP contribution in [0.2, 0.25) is 0 Å². The molecular formula is C34H46N6O3S. The Kier molecular flexibility index (Phi) is 8.93. The number of nitrogens with one attached hydrogen (secondary N) is 2. The summed E-state index contributed by atoms with van der Waals surface area (Å²) in [6.45, 7) is 11.1. The van der Waals surface area contributed by atoms with Crippen molar-refractivity contribution in [2.75, 3.05) is 25.9 Å². The average Bonchev–Trinajstić information content (AvgIpc) is 3.77. The fraction of sp³-hybridized carbons (Fsp3) is 0.588. The maximum Gasteiger partial charge on any atom is 0.254 e. The molecule has 44 heavy (non-hydrogen) atoms. The van der Waals surface area contributed by atoms with Crippen LogP contribution in [0, 0.1) is 25.7 Å². The van der Waals surface area contributed by atoms with Gasteiger partial charge in [0.1, 0.15) is 5.65 Å². The Balaban J connectivity index is 1.12. The van der Waals surface area contributed by atoms with Gasteiger partial charge in [-0.1, -0.05) is 0 Å². The van der Waals surface area contributed by atoms with Crippen LogP contribution in [0.15, 0.2) is 34.1 Å². The van der Waals surface area contributed by atoms with Gasteiger partial charge < -0.3 is 19.8 Å². The zero-order valence-corrected chi connectivity index (χ0v) is 27.5. The Labute approximate surface area is 264 Å². The third-order valence-corrected chi connectivity index (χ3v) is 11.1. The van der Waals surface area contributed by atoms with E-state index in [1.54, 1.807) is 6.20 Å². The molecule has 1 aliphatic heterocycles. The molecule has 4 heterocycles. The first kappa shape index (κ1) is 30.9. The van der Waals surface area contributed by atoms with Crippen molar-refractivity contribution in [3.8, 4) is 0 Å². The van der Waals surface area contributed by atoms with E-state index in [0.29, 0.717) is 35.0 Å². The van der Waals surface area contributed by atoms with Crippen LogP contribution >= 0.6 is 11.8 Å². The van der Waals surface area contributed by atoms with Gasteiger partial charge in [-0.2, -0.15) is 0 Å². The molecular weight excluding hydrogens is 572 g/mol. The van der Waals surface area contributed by atoms with Gasteiger partial charge >= 0.3 is 0 Å². The molecule has 3 aromatic heterocycles. The molecule has 3 aliphatic rings. The molecule has 236 valence electrons. The highest BCUT2D eigenvalue weighted by molar-refractivity contribution is 7.98. The van der Waals surface area contributed by atoms with E-state index in [0.717, 1.165) is 72.6 Å². The predicted molar refractivity (Wildman–Crippen MR) is 175 cm³/mol. The lowest BCUT2D eigenvalue weighted by molar-refractivity contribution is -0.143. The highest BCUT2D eigenvalue weighted by atomic mass is 32.2. The second-order valence-electron chi connectivity index (χ2n) is 13.0. The number of nitrogens with zero attached hydrogens (tertiary/aromatic N) is 4. The highest BCUT2D eigenvalue weighted by Crippen LogP contribution is 2.40. The normalized spacial score (nSPS) is 21.7. The van der Waals surface area contributed by atoms with Crippen molar-refractivity contribution >= 4 is 34.6 Å². The van der Waals surface area contributed by atoms with Gasteiger partial charge in [-0.3, -0.25) is 19.3 Å². The topological polar surface area (TPSA) is 103 Å². The largest absolute Gasteiger partial charge is 0.348 e. The minimum absolute atomic E-state index is 0.163. The summed E-state index contributed by atoms with van der Waals surface area (Å²) in [6, 6.07) is 7.04. The number of carbonyl (C=O) groups is 2. The van der Waals surface area contributed by atoms with Crippen LogP contribution in [-0.4, -0.2) is 74.1 Å². The number of carbonyl (C=O) groups excluding carboxylic acids is 2. The smallest absolute Gasteiger partial charge is 0.254 e. The van der Waals surface area contributed by atoms with E-state index in [-0.39, 0.29) is 30.0 Å². The first-order valence-corrected chi connectivity index (χ1v) is 17.5. The Morgan fingerprint density at radius 1 is 1.16 bits per heavy atom. The summed E-state index contributed by atoms with van der Waals surface area (Å²) in [6.07, 6.45) is 10.6. The number of hydrogen-bond acceptors (Lipinski definition) is 6. The van der Waals surface area contributed by atoms with E-state index in [4.69, 9.17) is 4.98 Å². The number of aromatic amines is 1. The van der Waals surface area contributed by atoms with Crippen molar-refractivity contribution in [3.63, 3.8) is 0 Å². The van der Waals surface area contributed by atoms with E-state index < -0.39 is 0 Å². The number of amides is 2. The van der Waals surface area contributed by atoms with Crippen molar-refractivity contribution in [1.29, 1.82) is 0 Å². The summed E-state index contributed by atoms with van der Waals surface area (Å²) in [5.41, 5.74) is 3.59. The van der Waals surface area contributed by atoms with Gasteiger partial charge in [0, 0.05) is 77.7 Å². The predicted octanol–water partition coefficient (Wildman–Crippen LogP) is 5.06. The van der Waals surface area contributed by atoms with Gasteiger partial charge in [-0.15, -0.1) is 11.8 Å². The monoisotopic (exact) mass is 618 g/mol. The van der Waals surface area contributed by atoms with Crippen molar-refractivity contribution < 1.29 is 9.59 Å². The fourth-order valence-electron chi connectivity index (χ4n) is 7.68. The Bertz CT molecular complexity index is 1600. The zero-order valence-electron chi connectivity index (χ0n) is 26.7. The summed E-state index contributed by atoms with van der Waals surface area (Å²) in [5, 5.41) is 3.87. The van der Waals surface area contributed by atoms with Crippen molar-refractivity contribution in [2.24, 2.45) is 11.8 Å². The zero-order chi connectivity index (χ0) is 31.1. The van der Waals surface area contributed by atoms with Crippen LogP contribution in [0.4, 0.5) is 0 Å². The van der Waals surface area contributed by atoms with E-state index in [1.807, 2.05) is 38.3 Å². The molecule has 10 heteroatoms. The van der Waals surface area contributed by atoms with Gasteiger partial charge in [0.25, 0.3) is 11.5 Å². The van der Waals surface area contributed by atoms with Crippen LogP contribution in [0.3, 0.4) is 0 Å². The van der Waals surface area contributed by atoms with E-state index in [9.17, 15) is 14.4 Å². The molecule has 0 radical (unpaired) electrons. The second kappa shape index (κ2) is 12.7. The molecule has 3 fully saturated rings. The lowest BCUT2D eigenvalue weighted by atomic mass is 9.79. The lowest BCUT2D eigenvalue weighted by Crippen LogP contribution is -2.58. The molecule has 0 bridgehead atoms. The number of pyridine rings is 2. The van der Waals surface area contributed by atoms with Gasteiger partial charge in [-0.25, -0.2) is 4.98 Å².